The Bertz CT molecular complexity index is 273. The molecule has 0 heterocycles. The van der Waals surface area contributed by atoms with Crippen LogP contribution in [0, 0.1) is 0 Å². The van der Waals surface area contributed by atoms with E-state index in [1.807, 2.05) is 5.32 Å². The molecule has 0 bridgehead atoms. The van der Waals surface area contributed by atoms with E-state index in [9.17, 15) is 18.0 Å². The number of nitrogens with two attached hydrogens (primary N) is 1. The van der Waals surface area contributed by atoms with Crippen LogP contribution in [0.2, 0.25) is 0 Å². The summed E-state index contributed by atoms with van der Waals surface area (Å²) in [6, 6.07) is -2.69. The van der Waals surface area contributed by atoms with Gasteiger partial charge in [-0.25, -0.2) is 4.79 Å². The van der Waals surface area contributed by atoms with E-state index in [1.165, 1.54) is 25.7 Å². The van der Waals surface area contributed by atoms with E-state index in [2.05, 4.69) is 12.2 Å². The Labute approximate surface area is 125 Å². The first-order chi connectivity index (χ1) is 9.88. The molecule has 0 aromatic heterocycles. The molecule has 4 nitrogen and oxygen atoms in total. The van der Waals surface area contributed by atoms with Crippen LogP contribution in [0.5, 0.6) is 0 Å². The molecule has 7 heteroatoms. The number of amides is 2. The van der Waals surface area contributed by atoms with Crippen molar-refractivity contribution >= 4 is 6.03 Å². The van der Waals surface area contributed by atoms with Crippen LogP contribution in [0.3, 0.4) is 0 Å². The summed E-state index contributed by atoms with van der Waals surface area (Å²) in [5.74, 6) is 0. The van der Waals surface area contributed by atoms with Gasteiger partial charge in [-0.15, -0.1) is 0 Å². The highest BCUT2D eigenvalue weighted by Gasteiger charge is 2.39. The summed E-state index contributed by atoms with van der Waals surface area (Å²) in [5.41, 5.74) is 4.78. The zero-order valence-electron chi connectivity index (χ0n) is 12.8. The quantitative estimate of drug-likeness (QED) is 0.484. The first-order valence-corrected chi connectivity index (χ1v) is 7.71. The van der Waals surface area contributed by atoms with Crippen molar-refractivity contribution in [1.82, 2.24) is 10.6 Å². The topological polar surface area (TPSA) is 67.2 Å². The molecule has 0 aliphatic rings. The monoisotopic (exact) mass is 311 g/mol. The fourth-order valence-electron chi connectivity index (χ4n) is 2.04. The zero-order chi connectivity index (χ0) is 16.1. The van der Waals surface area contributed by atoms with E-state index in [-0.39, 0.29) is 0 Å². The van der Waals surface area contributed by atoms with Crippen LogP contribution in [0.25, 0.3) is 0 Å². The van der Waals surface area contributed by atoms with Gasteiger partial charge in [0.25, 0.3) is 0 Å². The van der Waals surface area contributed by atoms with Gasteiger partial charge in [0, 0.05) is 6.54 Å². The molecule has 0 saturated carbocycles. The minimum Gasteiger partial charge on any atom is -0.352 e. The number of carbonyl (C=O) groups is 1. The lowest BCUT2D eigenvalue weighted by atomic mass is 10.1. The average molecular weight is 311 g/mol. The number of primary amides is 1. The van der Waals surface area contributed by atoms with Gasteiger partial charge in [-0.05, 0) is 13.0 Å². The Morgan fingerprint density at radius 1 is 1.05 bits per heavy atom. The van der Waals surface area contributed by atoms with E-state index in [0.29, 0.717) is 13.0 Å². The third-order valence-electron chi connectivity index (χ3n) is 3.30. The van der Waals surface area contributed by atoms with E-state index < -0.39 is 24.8 Å². The van der Waals surface area contributed by atoms with Crippen LogP contribution < -0.4 is 16.4 Å². The van der Waals surface area contributed by atoms with Crippen molar-refractivity contribution in [2.75, 3.05) is 13.1 Å². The molecule has 0 aromatic rings. The molecule has 0 radical (unpaired) electrons. The number of alkyl halides is 3. The van der Waals surface area contributed by atoms with Crippen LogP contribution >= 0.6 is 0 Å². The lowest BCUT2D eigenvalue weighted by molar-refractivity contribution is -0.154. The molecule has 21 heavy (non-hydrogen) atoms. The second-order valence-electron chi connectivity index (χ2n) is 5.27. The van der Waals surface area contributed by atoms with Crippen LogP contribution in [-0.2, 0) is 0 Å². The second kappa shape index (κ2) is 11.7. The third-order valence-corrected chi connectivity index (χ3v) is 3.30. The SMILES string of the molecule is CCCCCCCCCCNC(CNC(N)=O)C(F)(F)F. The molecule has 2 amide bonds. The minimum atomic E-state index is -4.39. The lowest BCUT2D eigenvalue weighted by Crippen LogP contribution is -2.51. The fourth-order valence-corrected chi connectivity index (χ4v) is 2.04. The van der Waals surface area contributed by atoms with Crippen molar-refractivity contribution in [3.8, 4) is 0 Å². The number of hydrogen-bond acceptors (Lipinski definition) is 2. The van der Waals surface area contributed by atoms with Crippen LogP contribution in [-0.4, -0.2) is 31.3 Å². The van der Waals surface area contributed by atoms with Crippen LogP contribution in [0.4, 0.5) is 18.0 Å². The highest BCUT2D eigenvalue weighted by Crippen LogP contribution is 2.19. The number of hydrogen-bond donors (Lipinski definition) is 3. The lowest BCUT2D eigenvalue weighted by Gasteiger charge is -2.21. The number of unbranched alkanes of at least 4 members (excludes halogenated alkanes) is 7. The van der Waals surface area contributed by atoms with Crippen molar-refractivity contribution in [2.24, 2.45) is 5.73 Å². The molecular formula is C14H28F3N3O. The molecule has 0 saturated heterocycles. The predicted molar refractivity (Wildman–Crippen MR) is 78.0 cm³/mol. The second-order valence-corrected chi connectivity index (χ2v) is 5.27. The molecule has 4 N–H and O–H groups in total. The Morgan fingerprint density at radius 2 is 1.57 bits per heavy atom. The maximum atomic E-state index is 12.7. The molecule has 1 atom stereocenters. The molecule has 0 rings (SSSR count). The number of urea groups is 1. The molecule has 0 aliphatic carbocycles. The maximum absolute atomic E-state index is 12.7. The Morgan fingerprint density at radius 3 is 2.05 bits per heavy atom. The standard InChI is InChI=1S/C14H28F3N3O/c1-2-3-4-5-6-7-8-9-10-19-12(14(15,16)17)11-20-13(18)21/h12,19H,2-11H2,1H3,(H3,18,20,21). The number of halogens is 3. The maximum Gasteiger partial charge on any atom is 0.405 e. The molecule has 0 spiro atoms. The average Bonchev–Trinajstić information content (AvgIpc) is 2.38. The smallest absolute Gasteiger partial charge is 0.352 e. The van der Waals surface area contributed by atoms with Crippen molar-refractivity contribution in [1.29, 1.82) is 0 Å². The van der Waals surface area contributed by atoms with E-state index >= 15 is 0 Å². The van der Waals surface area contributed by atoms with Gasteiger partial charge in [0.05, 0.1) is 0 Å². The van der Waals surface area contributed by atoms with Gasteiger partial charge >= 0.3 is 12.2 Å². The van der Waals surface area contributed by atoms with E-state index in [0.717, 1.165) is 19.3 Å². The largest absolute Gasteiger partial charge is 0.405 e. The Kier molecular flexibility index (Phi) is 11.1. The molecule has 1 unspecified atom stereocenters. The van der Waals surface area contributed by atoms with Crippen LogP contribution in [0.1, 0.15) is 58.3 Å². The summed E-state index contributed by atoms with van der Waals surface area (Å²) in [6.45, 7) is 1.92. The van der Waals surface area contributed by atoms with Crippen molar-refractivity contribution in [3.05, 3.63) is 0 Å². The minimum absolute atomic E-state index is 0.291. The zero-order valence-corrected chi connectivity index (χ0v) is 12.8. The Balaban J connectivity index is 3.66. The summed E-state index contributed by atoms with van der Waals surface area (Å²) in [4.78, 5) is 10.5. The Hall–Kier alpha value is -0.980. The predicted octanol–water partition coefficient (Wildman–Crippen LogP) is 3.32. The van der Waals surface area contributed by atoms with Gasteiger partial charge in [0.1, 0.15) is 6.04 Å². The van der Waals surface area contributed by atoms with E-state index in [1.54, 1.807) is 0 Å². The van der Waals surface area contributed by atoms with E-state index in [4.69, 9.17) is 5.73 Å². The van der Waals surface area contributed by atoms with Crippen molar-refractivity contribution < 1.29 is 18.0 Å². The van der Waals surface area contributed by atoms with Gasteiger partial charge in [0.2, 0.25) is 0 Å². The number of nitrogens with one attached hydrogen (secondary N) is 2. The van der Waals surface area contributed by atoms with Gasteiger partial charge in [0.15, 0.2) is 0 Å². The number of rotatable bonds is 12. The first kappa shape index (κ1) is 20.0. The van der Waals surface area contributed by atoms with Gasteiger partial charge in [-0.3, -0.25) is 0 Å². The van der Waals surface area contributed by atoms with Crippen molar-refractivity contribution in [2.45, 2.75) is 70.5 Å². The summed E-state index contributed by atoms with van der Waals surface area (Å²) < 4.78 is 38.0. The van der Waals surface area contributed by atoms with Gasteiger partial charge < -0.3 is 16.4 Å². The summed E-state index contributed by atoms with van der Waals surface area (Å²) in [5, 5.41) is 4.42. The molecule has 0 fully saturated rings. The summed E-state index contributed by atoms with van der Waals surface area (Å²) >= 11 is 0. The summed E-state index contributed by atoms with van der Waals surface area (Å²) in [6.07, 6.45) is 4.35. The highest BCUT2D eigenvalue weighted by atomic mass is 19.4. The number of carbonyl (C=O) groups excluding carboxylic acids is 1. The third kappa shape index (κ3) is 12.5. The molecule has 126 valence electrons. The molecule has 0 aliphatic heterocycles. The van der Waals surface area contributed by atoms with Gasteiger partial charge in [-0.1, -0.05) is 51.9 Å². The van der Waals surface area contributed by atoms with Gasteiger partial charge in [-0.2, -0.15) is 13.2 Å². The highest BCUT2D eigenvalue weighted by molar-refractivity contribution is 5.71. The summed E-state index contributed by atoms with van der Waals surface area (Å²) in [7, 11) is 0. The fraction of sp³-hybridized carbons (Fsp3) is 0.929. The molecular weight excluding hydrogens is 283 g/mol. The first-order valence-electron chi connectivity index (χ1n) is 7.71. The van der Waals surface area contributed by atoms with Crippen LogP contribution in [0.15, 0.2) is 0 Å². The van der Waals surface area contributed by atoms with Crippen molar-refractivity contribution in [3.63, 3.8) is 0 Å². The normalized spacial score (nSPS) is 13.1. The molecule has 0 aromatic carbocycles.